The van der Waals surface area contributed by atoms with E-state index in [0.29, 0.717) is 5.92 Å². The highest BCUT2D eigenvalue weighted by Gasteiger charge is 2.28. The fourth-order valence-electron chi connectivity index (χ4n) is 6.33. The molecule has 8 heteroatoms. The zero-order valence-electron chi connectivity index (χ0n) is 23.9. The molecular formula is C32H37FN6O. The third kappa shape index (κ3) is 4.80. The van der Waals surface area contributed by atoms with Crippen LogP contribution in [-0.2, 0) is 12.6 Å². The van der Waals surface area contributed by atoms with Crippen molar-refractivity contribution >= 4 is 21.9 Å². The fraction of sp³-hybridized carbons (Fsp3) is 0.406. The van der Waals surface area contributed by atoms with Crippen molar-refractivity contribution in [2.75, 3.05) is 20.1 Å². The zero-order valence-corrected chi connectivity index (χ0v) is 23.9. The van der Waals surface area contributed by atoms with E-state index in [0.717, 1.165) is 82.4 Å². The number of hydrogen-bond acceptors (Lipinski definition) is 5. The minimum absolute atomic E-state index is 0.107. The molecule has 208 valence electrons. The van der Waals surface area contributed by atoms with Gasteiger partial charge in [-0.25, -0.2) is 9.07 Å². The van der Waals surface area contributed by atoms with Crippen molar-refractivity contribution in [3.8, 4) is 11.3 Å². The van der Waals surface area contributed by atoms with E-state index in [-0.39, 0.29) is 11.9 Å². The Morgan fingerprint density at radius 2 is 1.82 bits per heavy atom. The summed E-state index contributed by atoms with van der Waals surface area (Å²) in [5.74, 6) is 0.272. The van der Waals surface area contributed by atoms with Gasteiger partial charge in [-0.1, -0.05) is 29.5 Å². The molecule has 1 fully saturated rings. The maximum atomic E-state index is 14.7. The molecule has 6 rings (SSSR count). The molecule has 1 saturated heterocycles. The highest BCUT2D eigenvalue weighted by molar-refractivity contribution is 6.07. The molecule has 7 nitrogen and oxygen atoms in total. The summed E-state index contributed by atoms with van der Waals surface area (Å²) < 4.78 is 18.8. The van der Waals surface area contributed by atoms with Crippen LogP contribution in [0.15, 0.2) is 54.7 Å². The molecule has 40 heavy (non-hydrogen) atoms. The largest absolute Gasteiger partial charge is 0.386 e. The number of likely N-dealkylation sites (tertiary alicyclic amines) is 1. The van der Waals surface area contributed by atoms with E-state index in [1.165, 1.54) is 6.07 Å². The first-order chi connectivity index (χ1) is 19.1. The lowest BCUT2D eigenvalue weighted by atomic mass is 9.87. The zero-order chi connectivity index (χ0) is 28.2. The lowest BCUT2D eigenvalue weighted by molar-refractivity contribution is 0.0787. The first-order valence-electron chi connectivity index (χ1n) is 14.1. The van der Waals surface area contributed by atoms with Crippen LogP contribution in [0.3, 0.4) is 0 Å². The van der Waals surface area contributed by atoms with Crippen molar-refractivity contribution < 1.29 is 9.50 Å². The average molecular weight is 541 g/mol. The molecule has 5 aromatic rings. The summed E-state index contributed by atoms with van der Waals surface area (Å²) in [5.41, 5.74) is 6.30. The molecule has 1 aliphatic heterocycles. The molecule has 4 heterocycles. The van der Waals surface area contributed by atoms with Crippen molar-refractivity contribution in [2.45, 2.75) is 51.7 Å². The summed E-state index contributed by atoms with van der Waals surface area (Å²) in [6, 6.07) is 15.2. The van der Waals surface area contributed by atoms with Crippen LogP contribution in [-0.4, -0.2) is 54.7 Å². The number of piperidine rings is 1. The number of hydrogen-bond donors (Lipinski definition) is 1. The van der Waals surface area contributed by atoms with E-state index in [1.807, 2.05) is 32.3 Å². The number of aliphatic hydroxyl groups is 1. The first-order valence-corrected chi connectivity index (χ1v) is 14.1. The van der Waals surface area contributed by atoms with Crippen molar-refractivity contribution in [3.63, 3.8) is 0 Å². The van der Waals surface area contributed by atoms with Gasteiger partial charge in [0.05, 0.1) is 39.6 Å². The molecule has 1 atom stereocenters. The molecule has 3 aromatic heterocycles. The number of fused-ring (bicyclic) bond motifs is 3. The quantitative estimate of drug-likeness (QED) is 0.287. The van der Waals surface area contributed by atoms with Crippen molar-refractivity contribution in [2.24, 2.45) is 13.0 Å². The van der Waals surface area contributed by atoms with E-state index in [9.17, 15) is 9.50 Å². The van der Waals surface area contributed by atoms with Crippen molar-refractivity contribution in [1.29, 1.82) is 0 Å². The predicted molar refractivity (Wildman–Crippen MR) is 157 cm³/mol. The molecule has 0 aliphatic carbocycles. The molecule has 0 spiro atoms. The van der Waals surface area contributed by atoms with E-state index < -0.39 is 5.60 Å². The van der Waals surface area contributed by atoms with Crippen LogP contribution in [0.25, 0.3) is 33.2 Å². The van der Waals surface area contributed by atoms with Crippen molar-refractivity contribution in [1.82, 2.24) is 29.4 Å². The summed E-state index contributed by atoms with van der Waals surface area (Å²) in [7, 11) is 4.06. The Balaban J connectivity index is 1.63. The van der Waals surface area contributed by atoms with E-state index in [4.69, 9.17) is 4.98 Å². The molecule has 0 bridgehead atoms. The predicted octanol–water partition coefficient (Wildman–Crippen LogP) is 5.98. The monoisotopic (exact) mass is 540 g/mol. The summed E-state index contributed by atoms with van der Waals surface area (Å²) >= 11 is 0. The van der Waals surface area contributed by atoms with Gasteiger partial charge < -0.3 is 14.6 Å². The van der Waals surface area contributed by atoms with E-state index in [1.54, 1.807) is 30.7 Å². The molecule has 2 aromatic carbocycles. The number of halogens is 1. The number of nitrogens with zero attached hydrogens (tertiary/aromatic N) is 6. The fourth-order valence-corrected chi connectivity index (χ4v) is 6.33. The second-order valence-electron chi connectivity index (χ2n) is 12.0. The number of rotatable bonds is 6. The lowest BCUT2D eigenvalue weighted by Crippen LogP contribution is -2.31. The highest BCUT2D eigenvalue weighted by atomic mass is 19.1. The molecule has 0 radical (unpaired) electrons. The van der Waals surface area contributed by atoms with Gasteiger partial charge in [-0.3, -0.25) is 4.98 Å². The van der Waals surface area contributed by atoms with Gasteiger partial charge in [-0.15, -0.1) is 5.10 Å². The Labute approximate surface area is 234 Å². The van der Waals surface area contributed by atoms with Gasteiger partial charge in [0.2, 0.25) is 0 Å². The molecule has 1 N–H and O–H groups in total. The standard InChI is InChI=1S/C32H37FN6O/c1-20-31(38(5)36-35-20)23-17-29-30(34-19-23)26-10-9-24(32(2,3)40)18-28(26)39(29)27(22-7-6-8-25(33)16-22)15-21-11-13-37(4)14-12-21/h6-10,16-19,21,27,40H,11-15H2,1-5H3. The molecule has 0 saturated carbocycles. The summed E-state index contributed by atoms with van der Waals surface area (Å²) in [4.78, 5) is 7.36. The highest BCUT2D eigenvalue weighted by Crippen LogP contribution is 2.40. The van der Waals surface area contributed by atoms with Crippen LogP contribution < -0.4 is 0 Å². The maximum absolute atomic E-state index is 14.7. The molecular weight excluding hydrogens is 503 g/mol. The number of pyridine rings is 1. The van der Waals surface area contributed by atoms with Gasteiger partial charge in [0, 0.05) is 24.2 Å². The second-order valence-corrected chi connectivity index (χ2v) is 12.0. The van der Waals surface area contributed by atoms with Crippen LogP contribution in [0.4, 0.5) is 4.39 Å². The van der Waals surface area contributed by atoms with E-state index >= 15 is 0 Å². The molecule has 1 aliphatic rings. The number of benzene rings is 2. The minimum Gasteiger partial charge on any atom is -0.386 e. The summed E-state index contributed by atoms with van der Waals surface area (Å²) in [6.07, 6.45) is 4.99. The first kappa shape index (κ1) is 26.6. The Morgan fingerprint density at radius 1 is 1.05 bits per heavy atom. The molecule has 1 unspecified atom stereocenters. The van der Waals surface area contributed by atoms with Crippen molar-refractivity contribution in [3.05, 3.63) is 77.4 Å². The maximum Gasteiger partial charge on any atom is 0.123 e. The third-order valence-electron chi connectivity index (χ3n) is 8.55. The van der Waals surface area contributed by atoms with Crippen LogP contribution in [0.5, 0.6) is 0 Å². The van der Waals surface area contributed by atoms with Crippen LogP contribution in [0.1, 0.15) is 56.0 Å². The van der Waals surface area contributed by atoms with Gasteiger partial charge in [0.25, 0.3) is 0 Å². The van der Waals surface area contributed by atoms with Gasteiger partial charge in [0.1, 0.15) is 5.82 Å². The Morgan fingerprint density at radius 3 is 2.50 bits per heavy atom. The van der Waals surface area contributed by atoms with Gasteiger partial charge in [0.15, 0.2) is 0 Å². The normalized spacial score (nSPS) is 16.3. The number of aromatic nitrogens is 5. The lowest BCUT2D eigenvalue weighted by Gasteiger charge is -2.33. The van der Waals surface area contributed by atoms with Gasteiger partial charge >= 0.3 is 0 Å². The van der Waals surface area contributed by atoms with E-state index in [2.05, 4.69) is 45.0 Å². The Kier molecular flexibility index (Phi) is 6.71. The van der Waals surface area contributed by atoms with Gasteiger partial charge in [-0.2, -0.15) is 0 Å². The molecule has 0 amide bonds. The Bertz CT molecular complexity index is 1670. The van der Waals surface area contributed by atoms with Crippen LogP contribution in [0.2, 0.25) is 0 Å². The summed E-state index contributed by atoms with van der Waals surface area (Å²) in [5, 5.41) is 20.4. The average Bonchev–Trinajstić information content (AvgIpc) is 3.43. The third-order valence-corrected chi connectivity index (χ3v) is 8.55. The van der Waals surface area contributed by atoms with Crippen LogP contribution >= 0.6 is 0 Å². The smallest absolute Gasteiger partial charge is 0.123 e. The Hall–Kier alpha value is -3.62. The second kappa shape index (κ2) is 10.1. The summed E-state index contributed by atoms with van der Waals surface area (Å²) in [6.45, 7) is 7.69. The number of aryl methyl sites for hydroxylation is 2. The minimum atomic E-state index is -1.01. The van der Waals surface area contributed by atoms with Crippen LogP contribution in [0, 0.1) is 18.7 Å². The topological polar surface area (TPSA) is 72.0 Å². The SMILES string of the molecule is Cc1nnn(C)c1-c1cnc2c3ccc(C(C)(C)O)cc3n(C(CC3CCN(C)CC3)c3cccc(F)c3)c2c1. The van der Waals surface area contributed by atoms with Gasteiger partial charge in [-0.05, 0) is 101 Å².